The third-order valence-electron chi connectivity index (χ3n) is 11.9. The van der Waals surface area contributed by atoms with Crippen LogP contribution in [-0.2, 0) is 14.3 Å². The zero-order chi connectivity index (χ0) is 28.4. The van der Waals surface area contributed by atoms with Crippen molar-refractivity contribution in [3.8, 4) is 0 Å². The Bertz CT molecular complexity index is 1200. The maximum atomic E-state index is 12.7. The molecule has 0 bridgehead atoms. The topological polar surface area (TPSA) is 127 Å². The average Bonchev–Trinajstić information content (AvgIpc) is 3.43. The Labute approximate surface area is 235 Å². The van der Waals surface area contributed by atoms with Gasteiger partial charge in [0.2, 0.25) is 0 Å². The van der Waals surface area contributed by atoms with Gasteiger partial charge in [0.1, 0.15) is 12.2 Å². The molecule has 0 aromatic carbocycles. The number of β-amino-alcohol motifs (C(OH)–C–C–N with tert-alkyl or cyclic N) is 1. The molecule has 4 aliphatic carbocycles. The molecule has 1 unspecified atom stereocenters. The summed E-state index contributed by atoms with van der Waals surface area (Å²) in [6.45, 7) is 6.79. The van der Waals surface area contributed by atoms with Crippen LogP contribution in [-0.4, -0.2) is 64.2 Å². The van der Waals surface area contributed by atoms with Crippen molar-refractivity contribution >= 4 is 12.1 Å². The maximum Gasteiger partial charge on any atom is 0.410 e. The van der Waals surface area contributed by atoms with Crippen LogP contribution in [0.3, 0.4) is 0 Å². The highest BCUT2D eigenvalue weighted by molar-refractivity contribution is 5.68. The molecule has 1 aromatic rings. The quantitative estimate of drug-likeness (QED) is 0.534. The van der Waals surface area contributed by atoms with Gasteiger partial charge >= 0.3 is 17.7 Å². The molecule has 10 atom stereocenters. The first-order valence-electron chi connectivity index (χ1n) is 15.1. The van der Waals surface area contributed by atoms with Crippen LogP contribution < -0.4 is 5.63 Å². The number of rotatable bonds is 3. The summed E-state index contributed by atoms with van der Waals surface area (Å²) in [4.78, 5) is 38.2. The number of likely N-dealkylation sites (tertiary alicyclic amines) is 1. The molecule has 9 nitrogen and oxygen atoms in total. The molecule has 220 valence electrons. The third-order valence-corrected chi connectivity index (χ3v) is 11.9. The molecule has 5 aliphatic rings. The van der Waals surface area contributed by atoms with E-state index in [4.69, 9.17) is 13.9 Å². The molecular weight excluding hydrogens is 514 g/mol. The van der Waals surface area contributed by atoms with E-state index < -0.39 is 28.8 Å². The molecule has 0 radical (unpaired) electrons. The van der Waals surface area contributed by atoms with Crippen LogP contribution in [0.2, 0.25) is 0 Å². The highest BCUT2D eigenvalue weighted by Crippen LogP contribution is 2.71. The molecule has 1 aliphatic heterocycles. The normalized spacial score (nSPS) is 44.3. The molecule has 5 fully saturated rings. The minimum absolute atomic E-state index is 0.0290. The van der Waals surface area contributed by atoms with E-state index in [0.29, 0.717) is 37.8 Å². The lowest BCUT2D eigenvalue weighted by molar-refractivity contribution is -0.205. The smallest absolute Gasteiger partial charge is 0.410 e. The van der Waals surface area contributed by atoms with Gasteiger partial charge in [-0.15, -0.1) is 0 Å². The molecule has 1 aromatic heterocycles. The maximum absolute atomic E-state index is 12.7. The van der Waals surface area contributed by atoms with E-state index >= 15 is 0 Å². The Balaban J connectivity index is 1.23. The summed E-state index contributed by atoms with van der Waals surface area (Å²) in [5.41, 5.74) is -1.17. The van der Waals surface area contributed by atoms with Crippen molar-refractivity contribution in [2.45, 2.75) is 108 Å². The van der Waals surface area contributed by atoms with Crippen molar-refractivity contribution in [2.75, 3.05) is 13.1 Å². The first-order valence-corrected chi connectivity index (χ1v) is 15.1. The lowest BCUT2D eigenvalue weighted by Crippen LogP contribution is -2.62. The predicted molar refractivity (Wildman–Crippen MR) is 144 cm³/mol. The molecule has 1 saturated heterocycles. The van der Waals surface area contributed by atoms with E-state index in [1.165, 1.54) is 19.3 Å². The lowest BCUT2D eigenvalue weighted by atomic mass is 9.43. The molecule has 40 heavy (non-hydrogen) atoms. The highest BCUT2D eigenvalue weighted by atomic mass is 16.6. The third kappa shape index (κ3) is 4.30. The fraction of sp³-hybridized carbons (Fsp3) is 0.774. The molecular formula is C31H43NO8. The molecule has 2 N–H and O–H groups in total. The van der Waals surface area contributed by atoms with Gasteiger partial charge in [0.05, 0.1) is 18.0 Å². The van der Waals surface area contributed by atoms with Crippen LogP contribution in [0.25, 0.3) is 0 Å². The Kier molecular flexibility index (Phi) is 6.85. The summed E-state index contributed by atoms with van der Waals surface area (Å²) in [6.07, 6.45) is 7.20. The van der Waals surface area contributed by atoms with Gasteiger partial charge in [0.15, 0.2) is 0 Å². The van der Waals surface area contributed by atoms with E-state index in [-0.39, 0.29) is 35.4 Å². The monoisotopic (exact) mass is 557 g/mol. The van der Waals surface area contributed by atoms with E-state index in [2.05, 4.69) is 13.8 Å². The number of ether oxygens (including phenoxy) is 2. The highest BCUT2D eigenvalue weighted by Gasteiger charge is 2.70. The summed E-state index contributed by atoms with van der Waals surface area (Å²) in [5, 5.41) is 22.5. The minimum atomic E-state index is -1.02. The van der Waals surface area contributed by atoms with E-state index in [1.54, 1.807) is 11.0 Å². The van der Waals surface area contributed by atoms with E-state index in [9.17, 15) is 24.6 Å². The number of nitrogens with zero attached hydrogens (tertiary/aromatic N) is 1. The fourth-order valence-corrected chi connectivity index (χ4v) is 9.88. The van der Waals surface area contributed by atoms with Crippen molar-refractivity contribution < 1.29 is 33.7 Å². The number of carbonyl (C=O) groups excluding carboxylic acids is 2. The number of fused-ring (bicyclic) bond motifs is 5. The van der Waals surface area contributed by atoms with Crippen molar-refractivity contribution in [3.63, 3.8) is 0 Å². The number of aliphatic hydroxyl groups is 2. The second kappa shape index (κ2) is 9.86. The Morgan fingerprint density at radius 1 is 1.05 bits per heavy atom. The van der Waals surface area contributed by atoms with Gasteiger partial charge in [0.25, 0.3) is 0 Å². The molecule has 1 amide bonds. The molecule has 2 heterocycles. The fourth-order valence-electron chi connectivity index (χ4n) is 9.88. The van der Waals surface area contributed by atoms with Gasteiger partial charge in [-0.1, -0.05) is 13.8 Å². The number of amides is 1. The van der Waals surface area contributed by atoms with E-state index in [1.807, 2.05) is 0 Å². The Hall–Kier alpha value is -2.39. The Morgan fingerprint density at radius 2 is 1.85 bits per heavy atom. The SMILES string of the molecule is CC(=O)O[C@H]1C[C@]2(O)[C@@H]3CC[C@@H]4C[C@@H](OC(=O)N5CCC(O)C5)CC[C@]4(C)[C@H]3CC[C@]2(C)[C@H]1c1ccc(=O)oc1. The van der Waals surface area contributed by atoms with Gasteiger partial charge in [-0.3, -0.25) is 4.79 Å². The molecule has 4 saturated carbocycles. The van der Waals surface area contributed by atoms with Crippen LogP contribution in [0, 0.1) is 28.6 Å². The predicted octanol–water partition coefficient (Wildman–Crippen LogP) is 3.99. The van der Waals surface area contributed by atoms with Crippen molar-refractivity contribution in [1.82, 2.24) is 4.90 Å². The first kappa shape index (κ1) is 27.8. The molecule has 6 rings (SSSR count). The van der Waals surface area contributed by atoms with Crippen LogP contribution in [0.15, 0.2) is 27.6 Å². The summed E-state index contributed by atoms with van der Waals surface area (Å²) in [6, 6.07) is 3.15. The number of esters is 1. The lowest BCUT2D eigenvalue weighted by Gasteiger charge is -2.63. The largest absolute Gasteiger partial charge is 0.462 e. The average molecular weight is 558 g/mol. The van der Waals surface area contributed by atoms with Gasteiger partial charge in [-0.25, -0.2) is 9.59 Å². The minimum Gasteiger partial charge on any atom is -0.462 e. The molecule has 0 spiro atoms. The van der Waals surface area contributed by atoms with Gasteiger partial charge in [-0.05, 0) is 86.2 Å². The van der Waals surface area contributed by atoms with E-state index in [0.717, 1.165) is 50.5 Å². The number of hydrogen-bond donors (Lipinski definition) is 2. The number of carbonyl (C=O) groups is 2. The number of aliphatic hydroxyl groups excluding tert-OH is 1. The summed E-state index contributed by atoms with van der Waals surface area (Å²) in [7, 11) is 0. The van der Waals surface area contributed by atoms with Gasteiger partial charge in [-0.2, -0.15) is 0 Å². The summed E-state index contributed by atoms with van der Waals surface area (Å²) >= 11 is 0. The van der Waals surface area contributed by atoms with Crippen LogP contribution in [0.5, 0.6) is 0 Å². The second-order valence-electron chi connectivity index (χ2n) is 13.8. The van der Waals surface area contributed by atoms with Crippen LogP contribution >= 0.6 is 0 Å². The second-order valence-corrected chi connectivity index (χ2v) is 13.8. The van der Waals surface area contributed by atoms with Crippen LogP contribution in [0.1, 0.15) is 90.0 Å². The first-order chi connectivity index (χ1) is 18.9. The van der Waals surface area contributed by atoms with Gasteiger partial charge in [0, 0.05) is 43.8 Å². The zero-order valence-corrected chi connectivity index (χ0v) is 23.8. The van der Waals surface area contributed by atoms with Crippen molar-refractivity contribution in [3.05, 3.63) is 34.4 Å². The van der Waals surface area contributed by atoms with Crippen LogP contribution in [0.4, 0.5) is 4.79 Å². The Morgan fingerprint density at radius 3 is 2.52 bits per heavy atom. The van der Waals surface area contributed by atoms with Crippen molar-refractivity contribution in [1.29, 1.82) is 0 Å². The zero-order valence-electron chi connectivity index (χ0n) is 23.8. The summed E-state index contributed by atoms with van der Waals surface area (Å²) < 4.78 is 17.0. The number of hydrogen-bond acceptors (Lipinski definition) is 8. The standard InChI is InChI=1S/C31H43NO8/c1-18(33)39-25-15-31(37)24-6-5-20-14-22(40-28(36)32-13-10-21(34)16-32)8-11-29(20,2)23(24)9-12-30(31,3)27(25)19-4-7-26(35)38-17-19/h4,7,17,20-25,27,34,37H,5-6,8-16H2,1-3H3/t20-,21?,22+,23+,24-,25+,27+,29+,30-,31+/m1/s1. The molecule has 9 heteroatoms. The summed E-state index contributed by atoms with van der Waals surface area (Å²) in [5.74, 6) is 0.150. The van der Waals surface area contributed by atoms with Crippen molar-refractivity contribution in [2.24, 2.45) is 28.6 Å². The van der Waals surface area contributed by atoms with Gasteiger partial charge < -0.3 is 29.0 Å².